The first-order valence-corrected chi connectivity index (χ1v) is 5.98. The molecular weight excluding hydrogens is 243 g/mol. The number of hydrogen-bond donors (Lipinski definition) is 2. The monoisotopic (exact) mass is 260 g/mol. The lowest BCUT2D eigenvalue weighted by molar-refractivity contribution is 0.590. The van der Waals surface area contributed by atoms with Gasteiger partial charge in [-0.1, -0.05) is 45.0 Å². The van der Waals surface area contributed by atoms with Gasteiger partial charge in [-0.3, -0.25) is 0 Å². The molecule has 4 nitrogen and oxygen atoms in total. The molecule has 1 aromatic heterocycles. The average molecular weight is 260 g/mol. The first-order valence-electron chi connectivity index (χ1n) is 5.98. The van der Waals surface area contributed by atoms with Crippen molar-refractivity contribution in [1.82, 2.24) is 9.97 Å². The van der Waals surface area contributed by atoms with Gasteiger partial charge in [0, 0.05) is 5.56 Å². The predicted octanol–water partition coefficient (Wildman–Crippen LogP) is 2.74. The number of rotatable bonds is 1. The Kier molecular flexibility index (Phi) is 3.14. The molecule has 1 heterocycles. The Morgan fingerprint density at radius 2 is 1.58 bits per heavy atom. The van der Waals surface area contributed by atoms with Gasteiger partial charge in [-0.15, -0.1) is 0 Å². The van der Waals surface area contributed by atoms with Crippen molar-refractivity contribution in [3.8, 4) is 11.3 Å². The zero-order chi connectivity index (χ0) is 14.2. The summed E-state index contributed by atoms with van der Waals surface area (Å²) in [5.41, 5.74) is 12.9. The molecule has 0 radical (unpaired) electrons. The van der Waals surface area contributed by atoms with Gasteiger partial charge in [-0.25, -0.2) is 9.37 Å². The summed E-state index contributed by atoms with van der Waals surface area (Å²) >= 11 is 0. The topological polar surface area (TPSA) is 77.8 Å². The number of benzene rings is 1. The van der Waals surface area contributed by atoms with Crippen molar-refractivity contribution >= 4 is 11.8 Å². The highest BCUT2D eigenvalue weighted by atomic mass is 19.1. The molecule has 1 aromatic carbocycles. The van der Waals surface area contributed by atoms with E-state index in [1.807, 2.05) is 24.3 Å². The van der Waals surface area contributed by atoms with E-state index in [1.54, 1.807) is 0 Å². The molecule has 2 aromatic rings. The Bertz CT molecular complexity index is 600. The summed E-state index contributed by atoms with van der Waals surface area (Å²) in [4.78, 5) is 7.49. The predicted molar refractivity (Wildman–Crippen MR) is 75.0 cm³/mol. The largest absolute Gasteiger partial charge is 0.381 e. The third-order valence-electron chi connectivity index (χ3n) is 2.92. The van der Waals surface area contributed by atoms with E-state index in [4.69, 9.17) is 11.5 Å². The Balaban J connectivity index is 2.49. The van der Waals surface area contributed by atoms with Crippen LogP contribution in [-0.2, 0) is 5.41 Å². The number of halogens is 1. The van der Waals surface area contributed by atoms with Gasteiger partial charge in [0.1, 0.15) is 5.69 Å². The number of nitrogen functional groups attached to an aromatic ring is 2. The minimum Gasteiger partial charge on any atom is -0.381 e. The van der Waals surface area contributed by atoms with Crippen LogP contribution in [-0.4, -0.2) is 9.97 Å². The van der Waals surface area contributed by atoms with Crippen molar-refractivity contribution in [3.05, 3.63) is 35.6 Å². The van der Waals surface area contributed by atoms with Crippen LogP contribution < -0.4 is 11.5 Å². The van der Waals surface area contributed by atoms with Gasteiger partial charge >= 0.3 is 0 Å². The van der Waals surface area contributed by atoms with Crippen LogP contribution >= 0.6 is 0 Å². The fraction of sp³-hybridized carbons (Fsp3) is 0.286. The average Bonchev–Trinajstić information content (AvgIpc) is 2.33. The summed E-state index contributed by atoms with van der Waals surface area (Å²) in [5.74, 6) is -0.908. The van der Waals surface area contributed by atoms with Crippen molar-refractivity contribution < 1.29 is 4.39 Å². The van der Waals surface area contributed by atoms with Crippen LogP contribution in [0.5, 0.6) is 0 Å². The number of hydrogen-bond acceptors (Lipinski definition) is 4. The highest BCUT2D eigenvalue weighted by Crippen LogP contribution is 2.28. The van der Waals surface area contributed by atoms with Crippen molar-refractivity contribution in [1.29, 1.82) is 0 Å². The zero-order valence-corrected chi connectivity index (χ0v) is 11.2. The Hall–Kier alpha value is -2.17. The molecule has 19 heavy (non-hydrogen) atoms. The van der Waals surface area contributed by atoms with E-state index in [-0.39, 0.29) is 22.9 Å². The maximum absolute atomic E-state index is 13.9. The zero-order valence-electron chi connectivity index (χ0n) is 11.2. The number of anilines is 2. The van der Waals surface area contributed by atoms with E-state index in [1.165, 1.54) is 0 Å². The van der Waals surface area contributed by atoms with Gasteiger partial charge < -0.3 is 11.5 Å². The van der Waals surface area contributed by atoms with Gasteiger partial charge in [-0.2, -0.15) is 4.98 Å². The van der Waals surface area contributed by atoms with E-state index >= 15 is 0 Å². The lowest BCUT2D eigenvalue weighted by Gasteiger charge is -2.19. The molecule has 0 aliphatic heterocycles. The van der Waals surface area contributed by atoms with Crippen molar-refractivity contribution in [2.24, 2.45) is 0 Å². The fourth-order valence-corrected chi connectivity index (χ4v) is 1.80. The van der Waals surface area contributed by atoms with Crippen molar-refractivity contribution in [3.63, 3.8) is 0 Å². The molecule has 0 bridgehead atoms. The van der Waals surface area contributed by atoms with E-state index in [0.717, 1.165) is 5.56 Å². The molecule has 100 valence electrons. The Labute approximate surface area is 111 Å². The third kappa shape index (κ3) is 2.65. The highest BCUT2D eigenvalue weighted by molar-refractivity contribution is 5.64. The van der Waals surface area contributed by atoms with Crippen LogP contribution in [0.2, 0.25) is 0 Å². The molecule has 0 atom stereocenters. The molecule has 4 N–H and O–H groups in total. The molecule has 2 rings (SSSR count). The molecule has 5 heteroatoms. The summed E-state index contributed by atoms with van der Waals surface area (Å²) in [7, 11) is 0. The summed E-state index contributed by atoms with van der Waals surface area (Å²) in [6.07, 6.45) is 0. The SMILES string of the molecule is CC(C)(C)c1ccc(-c2nc(N)nc(N)c2F)cc1. The van der Waals surface area contributed by atoms with Crippen LogP contribution in [0.1, 0.15) is 26.3 Å². The lowest BCUT2D eigenvalue weighted by atomic mass is 9.86. The normalized spacial score (nSPS) is 11.6. The molecule has 0 saturated carbocycles. The number of nitrogens with two attached hydrogens (primary N) is 2. The van der Waals surface area contributed by atoms with Crippen LogP contribution in [0.25, 0.3) is 11.3 Å². The summed E-state index contributed by atoms with van der Waals surface area (Å²) in [6, 6.07) is 7.52. The van der Waals surface area contributed by atoms with E-state index in [2.05, 4.69) is 30.7 Å². The smallest absolute Gasteiger partial charge is 0.222 e. The minimum atomic E-state index is -0.641. The van der Waals surface area contributed by atoms with E-state index in [9.17, 15) is 4.39 Å². The molecule has 0 unspecified atom stereocenters. The number of nitrogens with zero attached hydrogens (tertiary/aromatic N) is 2. The quantitative estimate of drug-likeness (QED) is 0.826. The molecule has 0 aliphatic carbocycles. The lowest BCUT2D eigenvalue weighted by Crippen LogP contribution is -2.10. The van der Waals surface area contributed by atoms with Gasteiger partial charge in [0.15, 0.2) is 11.6 Å². The van der Waals surface area contributed by atoms with Crippen LogP contribution in [0.15, 0.2) is 24.3 Å². The Morgan fingerprint density at radius 1 is 1.00 bits per heavy atom. The summed E-state index contributed by atoms with van der Waals surface area (Å²) < 4.78 is 13.9. The van der Waals surface area contributed by atoms with Gasteiger partial charge in [0.25, 0.3) is 0 Å². The molecule has 0 amide bonds. The summed E-state index contributed by atoms with van der Waals surface area (Å²) in [5, 5.41) is 0. The van der Waals surface area contributed by atoms with Crippen molar-refractivity contribution in [2.45, 2.75) is 26.2 Å². The van der Waals surface area contributed by atoms with E-state index < -0.39 is 5.82 Å². The summed E-state index contributed by atoms with van der Waals surface area (Å²) in [6.45, 7) is 6.34. The second-order valence-corrected chi connectivity index (χ2v) is 5.46. The maximum Gasteiger partial charge on any atom is 0.222 e. The first-order chi connectivity index (χ1) is 8.79. The second-order valence-electron chi connectivity index (χ2n) is 5.46. The van der Waals surface area contributed by atoms with E-state index in [0.29, 0.717) is 5.56 Å². The highest BCUT2D eigenvalue weighted by Gasteiger charge is 2.16. The van der Waals surface area contributed by atoms with Gasteiger partial charge in [-0.05, 0) is 11.0 Å². The minimum absolute atomic E-state index is 0.0335. The first kappa shape index (κ1) is 13.3. The van der Waals surface area contributed by atoms with Gasteiger partial charge in [0.2, 0.25) is 5.95 Å². The third-order valence-corrected chi connectivity index (χ3v) is 2.92. The van der Waals surface area contributed by atoms with Crippen LogP contribution in [0, 0.1) is 5.82 Å². The fourth-order valence-electron chi connectivity index (χ4n) is 1.80. The second kappa shape index (κ2) is 4.50. The maximum atomic E-state index is 13.9. The van der Waals surface area contributed by atoms with Crippen LogP contribution in [0.3, 0.4) is 0 Å². The van der Waals surface area contributed by atoms with Crippen molar-refractivity contribution in [2.75, 3.05) is 11.5 Å². The van der Waals surface area contributed by atoms with Crippen LogP contribution in [0.4, 0.5) is 16.2 Å². The molecular formula is C14H17FN4. The number of aromatic nitrogens is 2. The standard InChI is InChI=1S/C14H17FN4/c1-14(2,3)9-6-4-8(5-7-9)11-10(15)12(16)19-13(17)18-11/h4-7H,1-3H3,(H4,16,17,18,19). The molecule has 0 saturated heterocycles. The van der Waals surface area contributed by atoms with Gasteiger partial charge in [0.05, 0.1) is 0 Å². The Morgan fingerprint density at radius 3 is 2.11 bits per heavy atom. The molecule has 0 aliphatic rings. The molecule has 0 spiro atoms. The molecule has 0 fully saturated rings.